The Bertz CT molecular complexity index is 657. The van der Waals surface area contributed by atoms with Crippen LogP contribution < -0.4 is 14.8 Å². The van der Waals surface area contributed by atoms with Crippen molar-refractivity contribution < 1.29 is 19.4 Å². The van der Waals surface area contributed by atoms with E-state index in [9.17, 15) is 9.90 Å². The number of carbonyl (C=O) groups excluding carboxylic acids is 1. The van der Waals surface area contributed by atoms with Crippen molar-refractivity contribution in [1.82, 2.24) is 5.32 Å². The minimum absolute atomic E-state index is 0.0890. The molecule has 2 aromatic rings. The highest BCUT2D eigenvalue weighted by molar-refractivity contribution is 5.77. The van der Waals surface area contributed by atoms with E-state index in [0.717, 1.165) is 5.56 Å². The Balaban J connectivity index is 1.79. The summed E-state index contributed by atoms with van der Waals surface area (Å²) in [4.78, 5) is 11.8. The number of aryl methyl sites for hydroxylation is 1. The van der Waals surface area contributed by atoms with Crippen molar-refractivity contribution in [2.24, 2.45) is 0 Å². The average molecular weight is 315 g/mol. The third kappa shape index (κ3) is 5.30. The molecule has 122 valence electrons. The van der Waals surface area contributed by atoms with Crippen LogP contribution in [-0.4, -0.2) is 31.3 Å². The lowest BCUT2D eigenvalue weighted by Crippen LogP contribution is -2.32. The van der Waals surface area contributed by atoms with Crippen molar-refractivity contribution in [3.05, 3.63) is 59.7 Å². The summed E-state index contributed by atoms with van der Waals surface area (Å²) in [6, 6.07) is 14.6. The molecule has 0 fully saturated rings. The zero-order valence-corrected chi connectivity index (χ0v) is 13.3. The third-order valence-corrected chi connectivity index (χ3v) is 3.33. The molecule has 23 heavy (non-hydrogen) atoms. The van der Waals surface area contributed by atoms with Crippen LogP contribution >= 0.6 is 0 Å². The Labute approximate surface area is 135 Å². The first kappa shape index (κ1) is 16.8. The molecular formula is C18H21NO4. The highest BCUT2D eigenvalue weighted by Crippen LogP contribution is 2.18. The molecule has 0 radical (unpaired) electrons. The summed E-state index contributed by atoms with van der Waals surface area (Å²) in [5, 5.41) is 12.7. The van der Waals surface area contributed by atoms with E-state index in [1.807, 2.05) is 25.1 Å². The lowest BCUT2D eigenvalue weighted by Gasteiger charge is -2.13. The van der Waals surface area contributed by atoms with Crippen LogP contribution in [0.3, 0.4) is 0 Å². The smallest absolute Gasteiger partial charge is 0.258 e. The van der Waals surface area contributed by atoms with E-state index < -0.39 is 6.10 Å². The number of hydrogen-bond acceptors (Lipinski definition) is 4. The second-order valence-corrected chi connectivity index (χ2v) is 5.20. The van der Waals surface area contributed by atoms with E-state index in [1.54, 1.807) is 37.4 Å². The van der Waals surface area contributed by atoms with Crippen LogP contribution in [0.25, 0.3) is 0 Å². The summed E-state index contributed by atoms with van der Waals surface area (Å²) >= 11 is 0. The van der Waals surface area contributed by atoms with Gasteiger partial charge in [0.1, 0.15) is 11.5 Å². The summed E-state index contributed by atoms with van der Waals surface area (Å²) in [6.45, 7) is 1.98. The predicted molar refractivity (Wildman–Crippen MR) is 87.6 cm³/mol. The molecule has 5 heteroatoms. The van der Waals surface area contributed by atoms with E-state index in [1.165, 1.54) is 0 Å². The molecule has 1 atom stereocenters. The van der Waals surface area contributed by atoms with Gasteiger partial charge in [-0.2, -0.15) is 0 Å². The van der Waals surface area contributed by atoms with Crippen LogP contribution in [0.4, 0.5) is 0 Å². The lowest BCUT2D eigenvalue weighted by molar-refractivity contribution is -0.123. The maximum absolute atomic E-state index is 11.8. The number of carbonyl (C=O) groups is 1. The molecule has 0 aliphatic carbocycles. The SMILES string of the molecule is COc1cccc(C(O)CNC(=O)COc2cccc(C)c2)c1. The molecule has 2 rings (SSSR count). The molecule has 1 unspecified atom stereocenters. The van der Waals surface area contributed by atoms with Crippen LogP contribution in [0.2, 0.25) is 0 Å². The van der Waals surface area contributed by atoms with Crippen molar-refractivity contribution >= 4 is 5.91 Å². The zero-order chi connectivity index (χ0) is 16.7. The maximum Gasteiger partial charge on any atom is 0.258 e. The van der Waals surface area contributed by atoms with E-state index in [-0.39, 0.29) is 19.1 Å². The summed E-state index contributed by atoms with van der Waals surface area (Å²) in [7, 11) is 1.57. The largest absolute Gasteiger partial charge is 0.497 e. The maximum atomic E-state index is 11.8. The Morgan fingerprint density at radius 3 is 2.65 bits per heavy atom. The number of ether oxygens (including phenoxy) is 2. The average Bonchev–Trinajstić information content (AvgIpc) is 2.58. The number of aliphatic hydroxyl groups excluding tert-OH is 1. The Kier molecular flexibility index (Phi) is 6.00. The fourth-order valence-electron chi connectivity index (χ4n) is 2.08. The van der Waals surface area contributed by atoms with Gasteiger partial charge in [-0.15, -0.1) is 0 Å². The molecule has 0 heterocycles. The van der Waals surface area contributed by atoms with Crippen LogP contribution in [-0.2, 0) is 4.79 Å². The minimum atomic E-state index is -0.798. The van der Waals surface area contributed by atoms with E-state index in [0.29, 0.717) is 17.1 Å². The van der Waals surface area contributed by atoms with Crippen molar-refractivity contribution in [1.29, 1.82) is 0 Å². The summed E-state index contributed by atoms with van der Waals surface area (Å²) in [5.41, 5.74) is 1.75. The second kappa shape index (κ2) is 8.19. The van der Waals surface area contributed by atoms with Crippen molar-refractivity contribution in [3.63, 3.8) is 0 Å². The summed E-state index contributed by atoms with van der Waals surface area (Å²) < 4.78 is 10.5. The minimum Gasteiger partial charge on any atom is -0.497 e. The van der Waals surface area contributed by atoms with Gasteiger partial charge >= 0.3 is 0 Å². The molecule has 2 aromatic carbocycles. The van der Waals surface area contributed by atoms with E-state index >= 15 is 0 Å². The first-order chi connectivity index (χ1) is 11.1. The molecule has 1 amide bonds. The molecule has 0 bridgehead atoms. The van der Waals surface area contributed by atoms with Crippen molar-refractivity contribution in [2.45, 2.75) is 13.0 Å². The highest BCUT2D eigenvalue weighted by atomic mass is 16.5. The number of methoxy groups -OCH3 is 1. The molecule has 0 aliphatic heterocycles. The molecule has 0 aliphatic rings. The first-order valence-corrected chi connectivity index (χ1v) is 7.36. The number of benzene rings is 2. The van der Waals surface area contributed by atoms with Gasteiger partial charge in [0.2, 0.25) is 0 Å². The first-order valence-electron chi connectivity index (χ1n) is 7.36. The van der Waals surface area contributed by atoms with Crippen molar-refractivity contribution in [2.75, 3.05) is 20.3 Å². The van der Waals surface area contributed by atoms with Gasteiger partial charge in [0.05, 0.1) is 13.2 Å². The van der Waals surface area contributed by atoms with Gasteiger partial charge in [-0.05, 0) is 42.3 Å². The Morgan fingerprint density at radius 2 is 1.91 bits per heavy atom. The zero-order valence-electron chi connectivity index (χ0n) is 13.3. The molecule has 0 saturated heterocycles. The number of rotatable bonds is 7. The number of aliphatic hydroxyl groups is 1. The number of hydrogen-bond donors (Lipinski definition) is 2. The molecular weight excluding hydrogens is 294 g/mol. The number of amides is 1. The fraction of sp³-hybridized carbons (Fsp3) is 0.278. The highest BCUT2D eigenvalue weighted by Gasteiger charge is 2.10. The summed E-state index contributed by atoms with van der Waals surface area (Å²) in [5.74, 6) is 1.03. The van der Waals surface area contributed by atoms with E-state index in [4.69, 9.17) is 9.47 Å². The van der Waals surface area contributed by atoms with Gasteiger partial charge in [0.15, 0.2) is 6.61 Å². The summed E-state index contributed by atoms with van der Waals surface area (Å²) in [6.07, 6.45) is -0.798. The fourth-order valence-corrected chi connectivity index (χ4v) is 2.08. The van der Waals surface area contributed by atoms with E-state index in [2.05, 4.69) is 5.32 Å². The monoisotopic (exact) mass is 315 g/mol. The van der Waals surface area contributed by atoms with Gasteiger partial charge in [-0.3, -0.25) is 4.79 Å². The van der Waals surface area contributed by atoms with Crippen LogP contribution in [0.5, 0.6) is 11.5 Å². The normalized spacial score (nSPS) is 11.6. The van der Waals surface area contributed by atoms with Crippen LogP contribution in [0, 0.1) is 6.92 Å². The third-order valence-electron chi connectivity index (χ3n) is 3.33. The Hall–Kier alpha value is -2.53. The van der Waals surface area contributed by atoms with Crippen molar-refractivity contribution in [3.8, 4) is 11.5 Å². The lowest BCUT2D eigenvalue weighted by atomic mass is 10.1. The predicted octanol–water partition coefficient (Wildman–Crippen LogP) is 2.23. The van der Waals surface area contributed by atoms with Gasteiger partial charge in [0.25, 0.3) is 5.91 Å². The molecule has 0 saturated carbocycles. The molecule has 5 nitrogen and oxygen atoms in total. The molecule has 0 spiro atoms. The van der Waals surface area contributed by atoms with Gasteiger partial charge < -0.3 is 19.9 Å². The Morgan fingerprint density at radius 1 is 1.17 bits per heavy atom. The number of nitrogens with one attached hydrogen (secondary N) is 1. The van der Waals surface area contributed by atoms with Gasteiger partial charge in [-0.1, -0.05) is 24.3 Å². The second-order valence-electron chi connectivity index (χ2n) is 5.20. The topological polar surface area (TPSA) is 67.8 Å². The molecule has 2 N–H and O–H groups in total. The van der Waals surface area contributed by atoms with Gasteiger partial charge in [-0.25, -0.2) is 0 Å². The van der Waals surface area contributed by atoms with Crippen LogP contribution in [0.15, 0.2) is 48.5 Å². The molecule has 0 aromatic heterocycles. The van der Waals surface area contributed by atoms with Crippen LogP contribution in [0.1, 0.15) is 17.2 Å². The standard InChI is InChI=1S/C18H21NO4/c1-13-5-3-8-16(9-13)23-12-18(21)19-11-17(20)14-6-4-7-15(10-14)22-2/h3-10,17,20H,11-12H2,1-2H3,(H,19,21). The van der Waals surface area contributed by atoms with Gasteiger partial charge in [0, 0.05) is 6.54 Å². The quantitative estimate of drug-likeness (QED) is 0.822.